The second kappa shape index (κ2) is 7.13. The Morgan fingerprint density at radius 3 is 2.52 bits per heavy atom. The second-order valence-electron chi connectivity index (χ2n) is 5.61. The van der Waals surface area contributed by atoms with Crippen molar-refractivity contribution in [3.63, 3.8) is 0 Å². The zero-order chi connectivity index (χ0) is 16.1. The number of nitrogens with one attached hydrogen (secondary N) is 1. The average Bonchev–Trinajstić information content (AvgIpc) is 3.15. The third kappa shape index (κ3) is 3.62. The van der Waals surface area contributed by atoms with Crippen LogP contribution in [0.1, 0.15) is 24.4 Å². The summed E-state index contributed by atoms with van der Waals surface area (Å²) in [4.78, 5) is 19.0. The van der Waals surface area contributed by atoms with E-state index in [4.69, 9.17) is 4.74 Å². The molecule has 1 fully saturated rings. The van der Waals surface area contributed by atoms with Crippen molar-refractivity contribution in [1.82, 2.24) is 9.88 Å². The molecule has 0 bridgehead atoms. The van der Waals surface area contributed by atoms with Crippen LogP contribution in [0.25, 0.3) is 0 Å². The van der Waals surface area contributed by atoms with Crippen molar-refractivity contribution in [3.8, 4) is 5.88 Å². The number of anilines is 1. The minimum atomic E-state index is -0.399. The first-order valence-electron chi connectivity index (χ1n) is 7.88. The van der Waals surface area contributed by atoms with E-state index in [1.165, 1.54) is 0 Å². The van der Waals surface area contributed by atoms with Crippen LogP contribution in [-0.2, 0) is 4.79 Å². The van der Waals surface area contributed by atoms with Crippen LogP contribution in [0.4, 0.5) is 5.69 Å². The molecule has 1 amide bonds. The number of likely N-dealkylation sites (tertiary alicyclic amines) is 1. The minimum absolute atomic E-state index is 0.115. The monoisotopic (exact) mass is 311 g/mol. The van der Waals surface area contributed by atoms with Gasteiger partial charge in [0.1, 0.15) is 6.04 Å². The summed E-state index contributed by atoms with van der Waals surface area (Å²) in [5.74, 6) is 0.669. The number of carbonyl (C=O) groups is 1. The van der Waals surface area contributed by atoms with Crippen LogP contribution in [0.2, 0.25) is 0 Å². The van der Waals surface area contributed by atoms with Crippen LogP contribution in [0.5, 0.6) is 5.88 Å². The van der Waals surface area contributed by atoms with Gasteiger partial charge in [-0.25, -0.2) is 4.98 Å². The van der Waals surface area contributed by atoms with Gasteiger partial charge in [-0.3, -0.25) is 4.79 Å². The number of methoxy groups -OCH3 is 1. The Bertz CT molecular complexity index is 637. The Kier molecular flexibility index (Phi) is 4.76. The Balaban J connectivity index is 1.83. The molecule has 23 heavy (non-hydrogen) atoms. The topological polar surface area (TPSA) is 54.5 Å². The van der Waals surface area contributed by atoms with Crippen LogP contribution in [0, 0.1) is 0 Å². The molecular weight excluding hydrogens is 290 g/mol. The molecule has 1 aromatic carbocycles. The van der Waals surface area contributed by atoms with Gasteiger partial charge in [0.2, 0.25) is 11.8 Å². The van der Waals surface area contributed by atoms with Crippen molar-refractivity contribution in [2.75, 3.05) is 25.5 Å². The Hall–Kier alpha value is -2.56. The highest BCUT2D eigenvalue weighted by Crippen LogP contribution is 2.24. The lowest BCUT2D eigenvalue weighted by Crippen LogP contribution is -2.36. The van der Waals surface area contributed by atoms with E-state index >= 15 is 0 Å². The fourth-order valence-corrected chi connectivity index (χ4v) is 2.81. The standard InChI is InChI=1S/C18H21N3O2/c1-23-16-10-9-15(13-19-16)20-17(14-7-3-2-4-8-14)18(22)21-11-5-6-12-21/h2-4,7-10,13,17,20H,5-6,11-12H2,1H3/t17-/m1/s1. The molecule has 0 radical (unpaired) electrons. The molecule has 2 heterocycles. The van der Waals surface area contributed by atoms with Gasteiger partial charge in [-0.2, -0.15) is 0 Å². The normalized spacial score (nSPS) is 15.3. The molecule has 1 aliphatic rings. The van der Waals surface area contributed by atoms with Gasteiger partial charge in [0, 0.05) is 19.2 Å². The smallest absolute Gasteiger partial charge is 0.249 e. The summed E-state index contributed by atoms with van der Waals surface area (Å²) in [6.45, 7) is 1.68. The van der Waals surface area contributed by atoms with Gasteiger partial charge in [-0.05, 0) is 24.5 Å². The Morgan fingerprint density at radius 1 is 1.17 bits per heavy atom. The van der Waals surface area contributed by atoms with Gasteiger partial charge in [0.25, 0.3) is 0 Å². The van der Waals surface area contributed by atoms with Crippen molar-refractivity contribution in [2.24, 2.45) is 0 Å². The highest BCUT2D eigenvalue weighted by Gasteiger charge is 2.27. The molecule has 1 N–H and O–H groups in total. The van der Waals surface area contributed by atoms with Crippen LogP contribution in [0.15, 0.2) is 48.7 Å². The molecule has 0 aliphatic carbocycles. The maximum absolute atomic E-state index is 12.9. The minimum Gasteiger partial charge on any atom is -0.481 e. The van der Waals surface area contributed by atoms with Gasteiger partial charge in [0.05, 0.1) is 19.0 Å². The molecule has 1 aromatic heterocycles. The van der Waals surface area contributed by atoms with Crippen molar-refractivity contribution < 1.29 is 9.53 Å². The van der Waals surface area contributed by atoms with Crippen molar-refractivity contribution in [3.05, 3.63) is 54.2 Å². The van der Waals surface area contributed by atoms with Crippen molar-refractivity contribution in [1.29, 1.82) is 0 Å². The lowest BCUT2D eigenvalue weighted by molar-refractivity contribution is -0.131. The number of pyridine rings is 1. The second-order valence-corrected chi connectivity index (χ2v) is 5.61. The number of hydrogen-bond donors (Lipinski definition) is 1. The predicted molar refractivity (Wildman–Crippen MR) is 89.4 cm³/mol. The largest absolute Gasteiger partial charge is 0.481 e. The first-order chi connectivity index (χ1) is 11.3. The summed E-state index contributed by atoms with van der Waals surface area (Å²) >= 11 is 0. The van der Waals surface area contributed by atoms with Crippen molar-refractivity contribution in [2.45, 2.75) is 18.9 Å². The zero-order valence-corrected chi connectivity index (χ0v) is 13.2. The number of benzene rings is 1. The quantitative estimate of drug-likeness (QED) is 0.922. The van der Waals surface area contributed by atoms with Crippen molar-refractivity contribution >= 4 is 11.6 Å². The highest BCUT2D eigenvalue weighted by molar-refractivity contribution is 5.86. The number of aromatic nitrogens is 1. The molecule has 0 unspecified atom stereocenters. The van der Waals surface area contributed by atoms with E-state index in [-0.39, 0.29) is 5.91 Å². The number of carbonyl (C=O) groups excluding carboxylic acids is 1. The van der Waals surface area contributed by atoms with E-state index in [1.807, 2.05) is 41.3 Å². The third-order valence-electron chi connectivity index (χ3n) is 4.05. The van der Waals surface area contributed by atoms with E-state index in [0.717, 1.165) is 37.2 Å². The molecule has 0 saturated carbocycles. The summed E-state index contributed by atoms with van der Waals surface area (Å²) in [6.07, 6.45) is 3.85. The molecule has 0 spiro atoms. The van der Waals surface area contributed by atoms with Crippen LogP contribution in [0.3, 0.4) is 0 Å². The number of amides is 1. The summed E-state index contributed by atoms with van der Waals surface area (Å²) in [5, 5.41) is 3.31. The highest BCUT2D eigenvalue weighted by atomic mass is 16.5. The average molecular weight is 311 g/mol. The maximum atomic E-state index is 12.9. The zero-order valence-electron chi connectivity index (χ0n) is 13.2. The lowest BCUT2D eigenvalue weighted by atomic mass is 10.1. The molecule has 5 nitrogen and oxygen atoms in total. The van der Waals surface area contributed by atoms with E-state index in [9.17, 15) is 4.79 Å². The number of hydrogen-bond acceptors (Lipinski definition) is 4. The number of rotatable bonds is 5. The molecule has 1 aliphatic heterocycles. The van der Waals surface area contributed by atoms with Gasteiger partial charge < -0.3 is 15.0 Å². The SMILES string of the molecule is COc1ccc(N[C@@H](C(=O)N2CCCC2)c2ccccc2)cn1. The summed E-state index contributed by atoms with van der Waals surface area (Å²) in [5.41, 5.74) is 1.76. The van der Waals surface area contributed by atoms with Crippen LogP contribution in [-0.4, -0.2) is 36.0 Å². The third-order valence-corrected chi connectivity index (χ3v) is 4.05. The van der Waals surface area contributed by atoms with Gasteiger partial charge in [-0.1, -0.05) is 30.3 Å². The van der Waals surface area contributed by atoms with Gasteiger partial charge in [-0.15, -0.1) is 0 Å². The maximum Gasteiger partial charge on any atom is 0.249 e. The summed E-state index contributed by atoms with van der Waals surface area (Å²) < 4.78 is 5.07. The number of ether oxygens (including phenoxy) is 1. The molecule has 3 rings (SSSR count). The molecular formula is C18H21N3O2. The Labute approximate surface area is 136 Å². The Morgan fingerprint density at radius 2 is 1.91 bits per heavy atom. The van der Waals surface area contributed by atoms with Gasteiger partial charge >= 0.3 is 0 Å². The first kappa shape index (κ1) is 15.3. The molecule has 2 aromatic rings. The molecule has 120 valence electrons. The predicted octanol–water partition coefficient (Wildman–Crippen LogP) is 2.87. The van der Waals surface area contributed by atoms with Gasteiger partial charge in [0.15, 0.2) is 0 Å². The van der Waals surface area contributed by atoms with Crippen LogP contribution >= 0.6 is 0 Å². The van der Waals surface area contributed by atoms with E-state index in [1.54, 1.807) is 19.4 Å². The number of nitrogens with zero attached hydrogens (tertiary/aromatic N) is 2. The fraction of sp³-hybridized carbons (Fsp3) is 0.333. The lowest BCUT2D eigenvalue weighted by Gasteiger charge is -2.25. The summed E-state index contributed by atoms with van der Waals surface area (Å²) in [7, 11) is 1.58. The molecule has 1 saturated heterocycles. The van der Waals surface area contributed by atoms with E-state index < -0.39 is 6.04 Å². The van der Waals surface area contributed by atoms with Crippen LogP contribution < -0.4 is 10.1 Å². The summed E-state index contributed by atoms with van der Waals surface area (Å²) in [6, 6.07) is 13.1. The van der Waals surface area contributed by atoms with E-state index in [2.05, 4.69) is 10.3 Å². The molecule has 1 atom stereocenters. The molecule has 5 heteroatoms. The van der Waals surface area contributed by atoms with E-state index in [0.29, 0.717) is 5.88 Å². The fourth-order valence-electron chi connectivity index (χ4n) is 2.81. The first-order valence-corrected chi connectivity index (χ1v) is 7.88.